The van der Waals surface area contributed by atoms with Crippen LogP contribution in [0.25, 0.3) is 0 Å². The van der Waals surface area contributed by atoms with Crippen LogP contribution in [0.15, 0.2) is 48.5 Å². The van der Waals surface area contributed by atoms with Gasteiger partial charge in [0.25, 0.3) is 0 Å². The number of aliphatic hydroxyl groups excluding tert-OH is 1. The largest absolute Gasteiger partial charge is 0.493 e. The Hall–Kier alpha value is -3.18. The summed E-state index contributed by atoms with van der Waals surface area (Å²) >= 11 is 0. The van der Waals surface area contributed by atoms with Gasteiger partial charge in [0.1, 0.15) is 24.1 Å². The van der Waals surface area contributed by atoms with Crippen LogP contribution in [-0.4, -0.2) is 98.5 Å². The monoisotopic (exact) mass is 570 g/mol. The van der Waals surface area contributed by atoms with Crippen LogP contribution < -0.4 is 15.4 Å². The van der Waals surface area contributed by atoms with Gasteiger partial charge in [-0.25, -0.2) is 4.39 Å². The van der Waals surface area contributed by atoms with Gasteiger partial charge in [-0.1, -0.05) is 30.3 Å². The normalized spacial score (nSPS) is 17.4. The van der Waals surface area contributed by atoms with Gasteiger partial charge in [-0.2, -0.15) is 0 Å². The number of carbonyl (C=O) groups is 3. The molecule has 1 aliphatic heterocycles. The first kappa shape index (κ1) is 32.3. The summed E-state index contributed by atoms with van der Waals surface area (Å²) in [6.07, 6.45) is 2.48. The van der Waals surface area contributed by atoms with Crippen LogP contribution in [0.2, 0.25) is 0 Å². The molecule has 0 spiro atoms. The van der Waals surface area contributed by atoms with Crippen molar-refractivity contribution in [2.75, 3.05) is 46.9 Å². The number of unbranched alkanes of at least 4 members (excludes halogenated alkanes) is 1. The third kappa shape index (κ3) is 10.6. The smallest absolute Gasteiger partial charge is 0.223 e. The van der Waals surface area contributed by atoms with E-state index in [2.05, 4.69) is 27.7 Å². The van der Waals surface area contributed by atoms with E-state index in [-0.39, 0.29) is 18.2 Å². The lowest BCUT2D eigenvalue weighted by atomic mass is 9.96. The Morgan fingerprint density at radius 1 is 1.17 bits per heavy atom. The van der Waals surface area contributed by atoms with Gasteiger partial charge in [-0.3, -0.25) is 4.79 Å². The molecule has 224 valence electrons. The second-order valence-corrected chi connectivity index (χ2v) is 10.7. The van der Waals surface area contributed by atoms with Crippen molar-refractivity contribution in [2.45, 2.75) is 50.4 Å². The second kappa shape index (κ2) is 16.9. The summed E-state index contributed by atoms with van der Waals surface area (Å²) in [6, 6.07) is 13.3. The first-order valence-corrected chi connectivity index (χ1v) is 14.2. The van der Waals surface area contributed by atoms with Gasteiger partial charge in [-0.15, -0.1) is 0 Å². The molecule has 1 heterocycles. The molecule has 0 aliphatic carbocycles. The lowest BCUT2D eigenvalue weighted by Gasteiger charge is -2.28. The molecular weight excluding hydrogens is 527 g/mol. The highest BCUT2D eigenvalue weighted by molar-refractivity contribution is 5.82. The van der Waals surface area contributed by atoms with Crippen molar-refractivity contribution < 1.29 is 28.6 Å². The summed E-state index contributed by atoms with van der Waals surface area (Å²) in [5.41, 5.74) is 1.83. The van der Waals surface area contributed by atoms with Gasteiger partial charge in [0.15, 0.2) is 0 Å². The first-order chi connectivity index (χ1) is 19.8. The highest BCUT2D eigenvalue weighted by Crippen LogP contribution is 2.20. The van der Waals surface area contributed by atoms with Crippen molar-refractivity contribution in [3.63, 3.8) is 0 Å². The number of rotatable bonds is 19. The SMILES string of the molecule is CN[C@@H](Cc1cc(F)cc(OCCCCN2CC(C=O)CC2=O)c1)[C@H](O)[C@@H](C=O)NCCN(C)Cc1ccccc1. The molecule has 9 nitrogen and oxygen atoms in total. The highest BCUT2D eigenvalue weighted by atomic mass is 19.1. The lowest BCUT2D eigenvalue weighted by molar-refractivity contribution is -0.128. The van der Waals surface area contributed by atoms with E-state index in [1.807, 2.05) is 25.2 Å². The zero-order chi connectivity index (χ0) is 29.6. The van der Waals surface area contributed by atoms with E-state index < -0.39 is 24.0 Å². The van der Waals surface area contributed by atoms with Crippen LogP contribution in [0.1, 0.15) is 30.4 Å². The van der Waals surface area contributed by atoms with E-state index >= 15 is 0 Å². The minimum atomic E-state index is -1.03. The van der Waals surface area contributed by atoms with Crippen molar-refractivity contribution in [1.82, 2.24) is 20.4 Å². The molecule has 1 saturated heterocycles. The number of benzene rings is 2. The topological polar surface area (TPSA) is 111 Å². The molecule has 10 heteroatoms. The van der Waals surface area contributed by atoms with Crippen molar-refractivity contribution in [1.29, 1.82) is 0 Å². The van der Waals surface area contributed by atoms with Crippen molar-refractivity contribution >= 4 is 18.5 Å². The summed E-state index contributed by atoms with van der Waals surface area (Å²) in [4.78, 5) is 38.5. The zero-order valence-electron chi connectivity index (χ0n) is 24.0. The minimum Gasteiger partial charge on any atom is -0.493 e. The lowest BCUT2D eigenvalue weighted by Crippen LogP contribution is -2.53. The second-order valence-electron chi connectivity index (χ2n) is 10.7. The summed E-state index contributed by atoms with van der Waals surface area (Å²) in [5, 5.41) is 17.2. The fourth-order valence-corrected chi connectivity index (χ4v) is 5.07. The first-order valence-electron chi connectivity index (χ1n) is 14.2. The van der Waals surface area contributed by atoms with Gasteiger partial charge >= 0.3 is 0 Å². The van der Waals surface area contributed by atoms with Crippen LogP contribution in [0.5, 0.6) is 5.75 Å². The molecule has 1 fully saturated rings. The number of nitrogens with zero attached hydrogens (tertiary/aromatic N) is 2. The van der Waals surface area contributed by atoms with Crippen LogP contribution in [0.3, 0.4) is 0 Å². The molecule has 3 N–H and O–H groups in total. The molecule has 4 atom stereocenters. The quantitative estimate of drug-likeness (QED) is 0.173. The number of hydrogen-bond donors (Lipinski definition) is 3. The molecule has 0 radical (unpaired) electrons. The molecule has 1 unspecified atom stereocenters. The van der Waals surface area contributed by atoms with Gasteiger partial charge < -0.3 is 39.9 Å². The van der Waals surface area contributed by atoms with Crippen molar-refractivity contribution in [3.8, 4) is 5.75 Å². The molecule has 3 rings (SSSR count). The zero-order valence-corrected chi connectivity index (χ0v) is 24.0. The molecule has 2 aromatic rings. The molecule has 1 aliphatic rings. The van der Waals surface area contributed by atoms with E-state index in [1.54, 1.807) is 18.0 Å². The third-order valence-corrected chi connectivity index (χ3v) is 7.38. The average Bonchev–Trinajstić information content (AvgIpc) is 3.33. The number of amides is 1. The van der Waals surface area contributed by atoms with E-state index in [0.717, 1.165) is 19.3 Å². The predicted molar refractivity (Wildman–Crippen MR) is 155 cm³/mol. The van der Waals surface area contributed by atoms with Gasteiger partial charge in [0.2, 0.25) is 5.91 Å². The standard InChI is InChI=1S/C31H43FN4O5/c1-33-28(31(40)29(22-38)34-10-12-35(2)19-23-8-4-3-5-9-23)16-24-14-26(32)18-27(15-24)41-13-7-6-11-36-20-25(21-37)17-30(36)39/h3-5,8-9,14-15,18,21-22,25,28-29,31,33-34,40H,6-7,10-13,16-17,19-20H2,1-2H3/t25?,28-,29+,31-/m0/s1. The predicted octanol–water partition coefficient (Wildman–Crippen LogP) is 1.81. The fourth-order valence-electron chi connectivity index (χ4n) is 5.07. The summed E-state index contributed by atoms with van der Waals surface area (Å²) < 4.78 is 20.2. The molecule has 1 amide bonds. The van der Waals surface area contributed by atoms with Gasteiger partial charge in [0.05, 0.1) is 18.8 Å². The number of hydrogen-bond acceptors (Lipinski definition) is 8. The van der Waals surface area contributed by atoms with E-state index in [9.17, 15) is 23.9 Å². The number of ether oxygens (including phenoxy) is 1. The number of nitrogens with one attached hydrogen (secondary N) is 2. The Morgan fingerprint density at radius 2 is 1.95 bits per heavy atom. The Bertz CT molecular complexity index is 1110. The maximum Gasteiger partial charge on any atom is 0.223 e. The molecule has 41 heavy (non-hydrogen) atoms. The van der Waals surface area contributed by atoms with E-state index in [4.69, 9.17) is 4.74 Å². The number of halogens is 1. The van der Waals surface area contributed by atoms with Crippen LogP contribution in [0.4, 0.5) is 4.39 Å². The molecule has 0 aromatic heterocycles. The summed E-state index contributed by atoms with van der Waals surface area (Å²) in [5.74, 6) is -0.278. The maximum atomic E-state index is 14.4. The highest BCUT2D eigenvalue weighted by Gasteiger charge is 2.29. The van der Waals surface area contributed by atoms with Crippen LogP contribution in [0, 0.1) is 11.7 Å². The minimum absolute atomic E-state index is 0.00137. The van der Waals surface area contributed by atoms with Gasteiger partial charge in [0, 0.05) is 57.2 Å². The molecule has 0 saturated carbocycles. The van der Waals surface area contributed by atoms with Crippen LogP contribution >= 0.6 is 0 Å². The average molecular weight is 571 g/mol. The Kier molecular flexibility index (Phi) is 13.4. The fraction of sp³-hybridized carbons (Fsp3) is 0.516. The Balaban J connectivity index is 1.44. The van der Waals surface area contributed by atoms with Crippen molar-refractivity contribution in [3.05, 3.63) is 65.5 Å². The number of aliphatic hydroxyl groups is 1. The Labute approximate surface area is 242 Å². The molecule has 2 aromatic carbocycles. The number of aldehydes is 2. The summed E-state index contributed by atoms with van der Waals surface area (Å²) in [7, 11) is 3.70. The van der Waals surface area contributed by atoms with Crippen LogP contribution in [-0.2, 0) is 27.3 Å². The van der Waals surface area contributed by atoms with Crippen molar-refractivity contribution in [2.24, 2.45) is 5.92 Å². The summed E-state index contributed by atoms with van der Waals surface area (Å²) in [6.45, 7) is 3.38. The number of likely N-dealkylation sites (tertiary alicyclic amines) is 1. The van der Waals surface area contributed by atoms with Gasteiger partial charge in [-0.05, 0) is 56.6 Å². The third-order valence-electron chi connectivity index (χ3n) is 7.38. The molecular formula is C31H43FN4O5. The Morgan fingerprint density at radius 3 is 2.63 bits per heavy atom. The van der Waals surface area contributed by atoms with E-state index in [1.165, 1.54) is 17.7 Å². The number of likely N-dealkylation sites (N-methyl/N-ethyl adjacent to an activating group) is 2. The molecule has 0 bridgehead atoms. The van der Waals surface area contributed by atoms with E-state index in [0.29, 0.717) is 63.2 Å². The maximum absolute atomic E-state index is 14.4. The number of carbonyl (C=O) groups excluding carboxylic acids is 3.